The first-order valence-corrected chi connectivity index (χ1v) is 10.5. The number of carbonyl (C=O) groups excluding carboxylic acids is 2. The Bertz CT molecular complexity index is 1170. The van der Waals surface area contributed by atoms with Gasteiger partial charge in [-0.15, -0.1) is 0 Å². The fraction of sp³-hybridized carbons (Fsp3) is 0.208. The number of aromatic nitrogens is 1. The third kappa shape index (κ3) is 4.68. The molecule has 2 amide bonds. The summed E-state index contributed by atoms with van der Waals surface area (Å²) in [5.74, 6) is 0.858. The third-order valence-corrected chi connectivity index (χ3v) is 5.46. The average molecular weight is 452 g/mol. The maximum Gasteiger partial charge on any atom is 0.263 e. The first-order chi connectivity index (χ1) is 15.4. The molecule has 164 valence electrons. The highest BCUT2D eigenvalue weighted by Gasteiger charge is 2.28. The van der Waals surface area contributed by atoms with Crippen LogP contribution in [0.2, 0.25) is 5.15 Å². The van der Waals surface area contributed by atoms with Crippen LogP contribution in [0.15, 0.2) is 60.8 Å². The molecule has 7 nitrogen and oxygen atoms in total. The zero-order valence-electron chi connectivity index (χ0n) is 17.7. The molecule has 0 spiro atoms. The van der Waals surface area contributed by atoms with Gasteiger partial charge in [0.05, 0.1) is 12.7 Å². The zero-order chi connectivity index (χ0) is 22.7. The number of nitrogens with zero attached hydrogens (tertiary/aromatic N) is 2. The first kappa shape index (κ1) is 21.6. The molecule has 8 heteroatoms. The lowest BCUT2D eigenvalue weighted by Gasteiger charge is -2.22. The van der Waals surface area contributed by atoms with Gasteiger partial charge in [-0.25, -0.2) is 4.98 Å². The van der Waals surface area contributed by atoms with Gasteiger partial charge in [-0.1, -0.05) is 23.7 Å². The van der Waals surface area contributed by atoms with Crippen LogP contribution in [0.1, 0.15) is 28.4 Å². The summed E-state index contributed by atoms with van der Waals surface area (Å²) >= 11 is 6.03. The van der Waals surface area contributed by atoms with Gasteiger partial charge in [0.25, 0.3) is 11.8 Å². The van der Waals surface area contributed by atoms with Crippen molar-refractivity contribution in [1.29, 1.82) is 0 Å². The molecule has 2 heterocycles. The van der Waals surface area contributed by atoms with E-state index in [-0.39, 0.29) is 22.5 Å². The molecule has 0 bridgehead atoms. The van der Waals surface area contributed by atoms with Crippen LogP contribution >= 0.6 is 11.6 Å². The highest BCUT2D eigenvalue weighted by atomic mass is 35.5. The van der Waals surface area contributed by atoms with Gasteiger partial charge in [0.1, 0.15) is 16.7 Å². The molecule has 4 rings (SSSR count). The lowest BCUT2D eigenvalue weighted by molar-refractivity contribution is -0.138. The maximum absolute atomic E-state index is 12.9. The summed E-state index contributed by atoms with van der Waals surface area (Å²) in [5, 5.41) is 2.96. The van der Waals surface area contributed by atoms with E-state index in [9.17, 15) is 9.59 Å². The van der Waals surface area contributed by atoms with Crippen LogP contribution in [0.4, 0.5) is 5.69 Å². The van der Waals surface area contributed by atoms with E-state index in [4.69, 9.17) is 21.1 Å². The van der Waals surface area contributed by atoms with Crippen molar-refractivity contribution in [2.75, 3.05) is 12.4 Å². The summed E-state index contributed by atoms with van der Waals surface area (Å²) < 4.78 is 11.2. The minimum Gasteiger partial charge on any atom is -0.497 e. The fourth-order valence-electron chi connectivity index (χ4n) is 3.56. The molecule has 1 aliphatic rings. The molecular formula is C24H22ClN3O4. The Kier molecular flexibility index (Phi) is 6.28. The number of benzene rings is 2. The number of fused-ring (bicyclic) bond motifs is 1. The van der Waals surface area contributed by atoms with Gasteiger partial charge in [-0.2, -0.15) is 0 Å². The van der Waals surface area contributed by atoms with Gasteiger partial charge >= 0.3 is 0 Å². The minimum absolute atomic E-state index is 0.114. The average Bonchev–Trinajstić information content (AvgIpc) is 2.90. The van der Waals surface area contributed by atoms with E-state index in [1.807, 2.05) is 24.3 Å². The van der Waals surface area contributed by atoms with Crippen molar-refractivity contribution in [2.45, 2.75) is 26.1 Å². The van der Waals surface area contributed by atoms with Crippen molar-refractivity contribution in [1.82, 2.24) is 9.88 Å². The molecule has 0 saturated carbocycles. The van der Waals surface area contributed by atoms with E-state index in [1.165, 1.54) is 6.20 Å². The lowest BCUT2D eigenvalue weighted by atomic mass is 10.1. The molecule has 2 aromatic carbocycles. The molecule has 1 unspecified atom stereocenters. The standard InChI is InChI=1S/C24H22ClN3O4/c1-15-24(30)28(13-16-5-3-6-19(11-16)31-2)14-17-12-18(8-9-21(17)32-15)27-23(29)20-7-4-10-26-22(20)25/h3-12,15H,13-14H2,1-2H3,(H,27,29). The number of hydrogen-bond acceptors (Lipinski definition) is 5. The Morgan fingerprint density at radius 1 is 1.25 bits per heavy atom. The summed E-state index contributed by atoms with van der Waals surface area (Å²) in [7, 11) is 1.61. The van der Waals surface area contributed by atoms with Crippen LogP contribution in [-0.4, -0.2) is 34.9 Å². The van der Waals surface area contributed by atoms with E-state index in [0.29, 0.717) is 24.5 Å². The predicted molar refractivity (Wildman–Crippen MR) is 121 cm³/mol. The van der Waals surface area contributed by atoms with Crippen molar-refractivity contribution < 1.29 is 19.1 Å². The van der Waals surface area contributed by atoms with Crippen LogP contribution < -0.4 is 14.8 Å². The largest absolute Gasteiger partial charge is 0.497 e. The highest BCUT2D eigenvalue weighted by molar-refractivity contribution is 6.33. The van der Waals surface area contributed by atoms with E-state index in [1.54, 1.807) is 49.3 Å². The molecular weight excluding hydrogens is 430 g/mol. The van der Waals surface area contributed by atoms with Crippen LogP contribution in [0.3, 0.4) is 0 Å². The third-order valence-electron chi connectivity index (χ3n) is 5.15. The minimum atomic E-state index is -0.628. The molecule has 1 N–H and O–H groups in total. The van der Waals surface area contributed by atoms with Crippen LogP contribution in [0, 0.1) is 0 Å². The van der Waals surface area contributed by atoms with Gasteiger partial charge in [-0.05, 0) is 55.0 Å². The molecule has 1 atom stereocenters. The molecule has 32 heavy (non-hydrogen) atoms. The van der Waals surface area contributed by atoms with E-state index in [2.05, 4.69) is 10.3 Å². The van der Waals surface area contributed by atoms with Crippen LogP contribution in [0.5, 0.6) is 11.5 Å². The van der Waals surface area contributed by atoms with Gasteiger partial charge in [0, 0.05) is 30.5 Å². The number of anilines is 1. The second kappa shape index (κ2) is 9.28. The van der Waals surface area contributed by atoms with Crippen molar-refractivity contribution in [3.05, 3.63) is 82.6 Å². The van der Waals surface area contributed by atoms with Crippen molar-refractivity contribution >= 4 is 29.1 Å². The first-order valence-electron chi connectivity index (χ1n) is 10.1. The van der Waals surface area contributed by atoms with Gasteiger partial charge < -0.3 is 19.7 Å². The lowest BCUT2D eigenvalue weighted by Crippen LogP contribution is -2.37. The SMILES string of the molecule is COc1cccc(CN2Cc3cc(NC(=O)c4cccnc4Cl)ccc3OC(C)C2=O)c1. The normalized spacial score (nSPS) is 15.4. The van der Waals surface area contributed by atoms with E-state index < -0.39 is 6.10 Å². The molecule has 0 aliphatic carbocycles. The quantitative estimate of drug-likeness (QED) is 0.585. The summed E-state index contributed by atoms with van der Waals surface area (Å²) in [5.41, 5.74) is 2.59. The summed E-state index contributed by atoms with van der Waals surface area (Å²) in [6.07, 6.45) is 0.894. The topological polar surface area (TPSA) is 80.8 Å². The van der Waals surface area contributed by atoms with E-state index in [0.717, 1.165) is 16.9 Å². The number of ether oxygens (including phenoxy) is 2. The summed E-state index contributed by atoms with van der Waals surface area (Å²) in [6.45, 7) is 2.48. The number of pyridine rings is 1. The number of rotatable bonds is 5. The number of amides is 2. The Morgan fingerprint density at radius 2 is 2.09 bits per heavy atom. The van der Waals surface area contributed by atoms with Gasteiger partial charge in [0.15, 0.2) is 6.10 Å². The van der Waals surface area contributed by atoms with Crippen LogP contribution in [-0.2, 0) is 17.9 Å². The van der Waals surface area contributed by atoms with Crippen LogP contribution in [0.25, 0.3) is 0 Å². The van der Waals surface area contributed by atoms with Gasteiger partial charge in [0.2, 0.25) is 0 Å². The van der Waals surface area contributed by atoms with Crippen molar-refractivity contribution in [2.24, 2.45) is 0 Å². The number of halogens is 1. The second-order valence-corrected chi connectivity index (χ2v) is 7.78. The summed E-state index contributed by atoms with van der Waals surface area (Å²) in [6, 6.07) is 16.1. The predicted octanol–water partition coefficient (Wildman–Crippen LogP) is 4.31. The Hall–Kier alpha value is -3.58. The van der Waals surface area contributed by atoms with Gasteiger partial charge in [-0.3, -0.25) is 9.59 Å². The summed E-state index contributed by atoms with van der Waals surface area (Å²) in [4.78, 5) is 31.2. The van der Waals surface area contributed by atoms with E-state index >= 15 is 0 Å². The number of carbonyl (C=O) groups is 2. The Balaban J connectivity index is 1.57. The van der Waals surface area contributed by atoms with Crippen molar-refractivity contribution in [3.8, 4) is 11.5 Å². The number of methoxy groups -OCH3 is 1. The molecule has 1 aromatic heterocycles. The number of hydrogen-bond donors (Lipinski definition) is 1. The monoisotopic (exact) mass is 451 g/mol. The maximum atomic E-state index is 12.9. The smallest absolute Gasteiger partial charge is 0.263 e. The highest BCUT2D eigenvalue weighted by Crippen LogP contribution is 2.30. The number of nitrogens with one attached hydrogen (secondary N) is 1. The zero-order valence-corrected chi connectivity index (χ0v) is 18.4. The Labute approximate surface area is 190 Å². The molecule has 0 fully saturated rings. The molecule has 0 radical (unpaired) electrons. The van der Waals surface area contributed by atoms with Crippen molar-refractivity contribution in [3.63, 3.8) is 0 Å². The fourth-order valence-corrected chi connectivity index (χ4v) is 3.76. The molecule has 1 aliphatic heterocycles. The Morgan fingerprint density at radius 3 is 2.88 bits per heavy atom. The molecule has 3 aromatic rings. The molecule has 0 saturated heterocycles. The second-order valence-electron chi connectivity index (χ2n) is 7.42.